The second-order valence-corrected chi connectivity index (χ2v) is 9.45. The molecule has 8 heteroatoms. The van der Waals surface area contributed by atoms with E-state index in [1.807, 2.05) is 49.1 Å². The molecule has 1 aromatic heterocycles. The van der Waals surface area contributed by atoms with Gasteiger partial charge in [-0.1, -0.05) is 19.0 Å². The highest BCUT2D eigenvalue weighted by atomic mass is 16.7. The van der Waals surface area contributed by atoms with Crippen LogP contribution in [0.2, 0.25) is 0 Å². The number of ether oxygens (including phenoxy) is 1. The summed E-state index contributed by atoms with van der Waals surface area (Å²) in [6.45, 7) is 9.66. The first kappa shape index (κ1) is 19.9. The minimum atomic E-state index is -0.557. The Morgan fingerprint density at radius 3 is 2.48 bits per heavy atom. The van der Waals surface area contributed by atoms with E-state index in [0.717, 1.165) is 36.1 Å². The molecule has 31 heavy (non-hydrogen) atoms. The summed E-state index contributed by atoms with van der Waals surface area (Å²) in [5.74, 6) is 3.21. The molecular formula is C23H29N5O3. The predicted octanol–water partition coefficient (Wildman–Crippen LogP) is 3.45. The molecule has 2 aliphatic heterocycles. The Morgan fingerprint density at radius 2 is 1.90 bits per heavy atom. The van der Waals surface area contributed by atoms with E-state index in [1.165, 1.54) is 0 Å². The van der Waals surface area contributed by atoms with Gasteiger partial charge in [-0.3, -0.25) is 14.8 Å². The van der Waals surface area contributed by atoms with Crippen molar-refractivity contribution in [2.75, 3.05) is 25.1 Å². The maximum absolute atomic E-state index is 12.9. The number of piperidine rings is 1. The van der Waals surface area contributed by atoms with Gasteiger partial charge in [0.15, 0.2) is 5.84 Å². The second kappa shape index (κ2) is 7.00. The van der Waals surface area contributed by atoms with Crippen LogP contribution in [0.5, 0.6) is 5.75 Å². The van der Waals surface area contributed by atoms with Crippen molar-refractivity contribution in [3.8, 4) is 5.75 Å². The van der Waals surface area contributed by atoms with Crippen molar-refractivity contribution in [3.63, 3.8) is 0 Å². The second-order valence-electron chi connectivity index (χ2n) is 9.45. The number of likely N-dealkylation sites (tertiary alicyclic amines) is 1. The number of anilines is 1. The van der Waals surface area contributed by atoms with Gasteiger partial charge in [-0.2, -0.15) is 5.10 Å². The number of rotatable bonds is 5. The van der Waals surface area contributed by atoms with Gasteiger partial charge >= 0.3 is 0 Å². The number of nitrogens with one attached hydrogen (secondary N) is 1. The van der Waals surface area contributed by atoms with E-state index >= 15 is 0 Å². The third-order valence-corrected chi connectivity index (χ3v) is 6.68. The summed E-state index contributed by atoms with van der Waals surface area (Å²) in [6, 6.07) is 9.83. The summed E-state index contributed by atoms with van der Waals surface area (Å²) < 4.78 is 5.29. The summed E-state index contributed by atoms with van der Waals surface area (Å²) in [5.41, 5.74) is 1.96. The number of hydrogen-bond acceptors (Lipinski definition) is 6. The average Bonchev–Trinajstić information content (AvgIpc) is 3.18. The highest BCUT2D eigenvalue weighted by Gasteiger charge is 2.62. The molecule has 5 rings (SSSR count). The van der Waals surface area contributed by atoms with Crippen LogP contribution in [0.15, 0.2) is 35.5 Å². The summed E-state index contributed by atoms with van der Waals surface area (Å²) >= 11 is 0. The number of oxime groups is 1. The molecule has 2 aromatic rings. The molecule has 164 valence electrons. The van der Waals surface area contributed by atoms with Crippen molar-refractivity contribution in [1.29, 1.82) is 0 Å². The Labute approximate surface area is 182 Å². The number of amidine groups is 1. The number of carbonyl (C=O) groups excluding carboxylic acids is 1. The van der Waals surface area contributed by atoms with Crippen molar-refractivity contribution in [1.82, 2.24) is 15.1 Å². The van der Waals surface area contributed by atoms with Gasteiger partial charge in [0.2, 0.25) is 5.72 Å². The molecule has 1 aromatic carbocycles. The van der Waals surface area contributed by atoms with E-state index in [2.05, 4.69) is 34.1 Å². The van der Waals surface area contributed by atoms with Crippen LogP contribution in [0.1, 0.15) is 49.8 Å². The number of aromatic amines is 1. The van der Waals surface area contributed by atoms with E-state index in [9.17, 15) is 4.79 Å². The maximum atomic E-state index is 12.9. The average molecular weight is 424 g/mol. The molecule has 0 bridgehead atoms. The zero-order chi connectivity index (χ0) is 21.9. The lowest BCUT2D eigenvalue weighted by molar-refractivity contribution is 0.0138. The fourth-order valence-electron chi connectivity index (χ4n) is 4.88. The molecule has 1 aliphatic carbocycles. The van der Waals surface area contributed by atoms with Gasteiger partial charge in [0.1, 0.15) is 11.4 Å². The summed E-state index contributed by atoms with van der Waals surface area (Å²) in [6.07, 6.45) is 0. The Balaban J connectivity index is 1.29. The number of hydrogen-bond donors (Lipinski definition) is 1. The molecule has 1 saturated carbocycles. The van der Waals surface area contributed by atoms with E-state index in [0.29, 0.717) is 29.4 Å². The number of carbonyl (C=O) groups is 1. The van der Waals surface area contributed by atoms with Gasteiger partial charge in [-0.15, -0.1) is 0 Å². The molecular weight excluding hydrogens is 394 g/mol. The summed E-state index contributed by atoms with van der Waals surface area (Å²) in [4.78, 5) is 22.8. The summed E-state index contributed by atoms with van der Waals surface area (Å²) in [7, 11) is 1.66. The molecule has 2 fully saturated rings. The number of nitrogens with zero attached hydrogens (tertiary/aromatic N) is 4. The van der Waals surface area contributed by atoms with E-state index < -0.39 is 5.72 Å². The summed E-state index contributed by atoms with van der Waals surface area (Å²) in [5, 5.41) is 11.7. The van der Waals surface area contributed by atoms with Crippen LogP contribution in [0, 0.1) is 17.8 Å². The first-order valence-electron chi connectivity index (χ1n) is 10.8. The van der Waals surface area contributed by atoms with Gasteiger partial charge < -0.3 is 14.5 Å². The zero-order valence-corrected chi connectivity index (χ0v) is 18.6. The number of methoxy groups -OCH3 is 1. The topological polar surface area (TPSA) is 83.0 Å². The molecule has 8 nitrogen and oxygen atoms in total. The quantitative estimate of drug-likeness (QED) is 0.797. The van der Waals surface area contributed by atoms with Gasteiger partial charge in [-0.25, -0.2) is 0 Å². The van der Waals surface area contributed by atoms with Crippen LogP contribution in [-0.4, -0.2) is 52.8 Å². The zero-order valence-electron chi connectivity index (χ0n) is 18.6. The maximum Gasteiger partial charge on any atom is 0.274 e. The minimum absolute atomic E-state index is 0.00560. The standard InChI is InChI=1S/C23H29N5O3/c1-13(2)18-10-19(25-24-18)22(29)27-11-16-17(12-27)20(16)21-26-31-23(3,4)28(21)14-6-8-15(30-5)9-7-14/h6-10,13,16-17,20H,11-12H2,1-5H3,(H,24,25)/t16-,17+,20?. The third kappa shape index (κ3) is 3.25. The van der Waals surface area contributed by atoms with Crippen molar-refractivity contribution >= 4 is 17.4 Å². The molecule has 3 aliphatic rings. The highest BCUT2D eigenvalue weighted by molar-refractivity contribution is 6.03. The van der Waals surface area contributed by atoms with Gasteiger partial charge in [0, 0.05) is 30.4 Å². The largest absolute Gasteiger partial charge is 0.497 e. The van der Waals surface area contributed by atoms with Crippen LogP contribution >= 0.6 is 0 Å². The van der Waals surface area contributed by atoms with Crippen LogP contribution in [0.4, 0.5) is 5.69 Å². The lowest BCUT2D eigenvalue weighted by Crippen LogP contribution is -2.46. The monoisotopic (exact) mass is 423 g/mol. The van der Waals surface area contributed by atoms with Crippen molar-refractivity contribution < 1.29 is 14.4 Å². The van der Waals surface area contributed by atoms with E-state index in [4.69, 9.17) is 9.57 Å². The van der Waals surface area contributed by atoms with Crippen LogP contribution in [-0.2, 0) is 4.84 Å². The van der Waals surface area contributed by atoms with Crippen LogP contribution < -0.4 is 9.64 Å². The normalized spacial score (nSPS) is 26.0. The van der Waals surface area contributed by atoms with Crippen molar-refractivity contribution in [3.05, 3.63) is 41.7 Å². The van der Waals surface area contributed by atoms with Crippen LogP contribution in [0.3, 0.4) is 0 Å². The van der Waals surface area contributed by atoms with Crippen LogP contribution in [0.25, 0.3) is 0 Å². The molecule has 3 atom stereocenters. The Bertz CT molecular complexity index is 1010. The fraction of sp³-hybridized carbons (Fsp3) is 0.522. The van der Waals surface area contributed by atoms with Gasteiger partial charge in [0.05, 0.1) is 7.11 Å². The molecule has 1 N–H and O–H groups in total. The molecule has 1 unspecified atom stereocenters. The number of amides is 1. The lowest BCUT2D eigenvalue weighted by Gasteiger charge is -2.32. The first-order valence-corrected chi connectivity index (χ1v) is 10.8. The smallest absolute Gasteiger partial charge is 0.274 e. The number of H-pyrrole nitrogens is 1. The number of benzene rings is 1. The number of aromatic nitrogens is 2. The molecule has 1 saturated heterocycles. The van der Waals surface area contributed by atoms with Crippen molar-refractivity contribution in [2.45, 2.75) is 39.3 Å². The molecule has 3 heterocycles. The first-order chi connectivity index (χ1) is 14.8. The Morgan fingerprint density at radius 1 is 1.23 bits per heavy atom. The molecule has 1 amide bonds. The third-order valence-electron chi connectivity index (χ3n) is 6.68. The highest BCUT2D eigenvalue weighted by Crippen LogP contribution is 2.55. The Hall–Kier alpha value is -3.03. The molecule has 0 spiro atoms. The van der Waals surface area contributed by atoms with E-state index in [1.54, 1.807) is 7.11 Å². The number of fused-ring (bicyclic) bond motifs is 1. The minimum Gasteiger partial charge on any atom is -0.497 e. The predicted molar refractivity (Wildman–Crippen MR) is 117 cm³/mol. The van der Waals surface area contributed by atoms with Crippen molar-refractivity contribution in [2.24, 2.45) is 22.9 Å². The van der Waals surface area contributed by atoms with E-state index in [-0.39, 0.29) is 5.91 Å². The SMILES string of the molecule is COc1ccc(N2C(C3[C@H]4CN(C(=O)c5cc(C(C)C)[nH]n5)C[C@@H]34)=NOC2(C)C)cc1. The van der Waals surface area contributed by atoms with Gasteiger partial charge in [0.25, 0.3) is 5.91 Å². The molecule has 0 radical (unpaired) electrons. The Kier molecular flexibility index (Phi) is 4.50. The van der Waals surface area contributed by atoms with Gasteiger partial charge in [-0.05, 0) is 61.9 Å². The lowest BCUT2D eigenvalue weighted by atomic mass is 10.1. The fourth-order valence-corrected chi connectivity index (χ4v) is 4.88.